The number of rotatable bonds is 8. The lowest BCUT2D eigenvalue weighted by Gasteiger charge is -2.34. The highest BCUT2D eigenvalue weighted by Crippen LogP contribution is 2.28. The number of carbonyl (C=O) groups is 2. The Labute approximate surface area is 192 Å². The Kier molecular flexibility index (Phi) is 8.94. The third kappa shape index (κ3) is 6.02. The molecular formula is C25H39N5O2. The van der Waals surface area contributed by atoms with Gasteiger partial charge in [-0.15, -0.1) is 0 Å². The number of aliphatic imine (C=N–C) groups is 1. The summed E-state index contributed by atoms with van der Waals surface area (Å²) in [7, 11) is 1.77. The number of fused-ring (bicyclic) bond motifs is 1. The molecule has 2 aliphatic heterocycles. The van der Waals surface area contributed by atoms with Gasteiger partial charge in [0.1, 0.15) is 0 Å². The van der Waals surface area contributed by atoms with Gasteiger partial charge in [0.2, 0.25) is 11.8 Å². The molecule has 2 aliphatic rings. The summed E-state index contributed by atoms with van der Waals surface area (Å²) in [6.45, 7) is 7.27. The normalized spacial score (nSPS) is 16.9. The molecule has 1 fully saturated rings. The predicted molar refractivity (Wildman–Crippen MR) is 130 cm³/mol. The van der Waals surface area contributed by atoms with Crippen molar-refractivity contribution in [1.29, 1.82) is 0 Å². The highest BCUT2D eigenvalue weighted by molar-refractivity contribution is 5.95. The lowest BCUT2D eigenvalue weighted by atomic mass is 9.98. The predicted octanol–water partition coefficient (Wildman–Crippen LogP) is 2.95. The highest BCUT2D eigenvalue weighted by Gasteiger charge is 2.27. The highest BCUT2D eigenvalue weighted by atomic mass is 16.2. The number of benzene rings is 1. The molecule has 0 atom stereocenters. The van der Waals surface area contributed by atoms with E-state index in [9.17, 15) is 9.59 Å². The van der Waals surface area contributed by atoms with Gasteiger partial charge in [-0.3, -0.25) is 14.6 Å². The molecule has 0 spiro atoms. The van der Waals surface area contributed by atoms with Crippen molar-refractivity contribution in [2.45, 2.75) is 64.8 Å². The van der Waals surface area contributed by atoms with Crippen molar-refractivity contribution in [1.82, 2.24) is 15.5 Å². The number of piperidine rings is 1. The van der Waals surface area contributed by atoms with E-state index in [0.29, 0.717) is 24.9 Å². The maximum atomic E-state index is 12.6. The second kappa shape index (κ2) is 11.9. The van der Waals surface area contributed by atoms with Crippen LogP contribution in [-0.4, -0.2) is 61.9 Å². The topological polar surface area (TPSA) is 77.0 Å². The Bertz CT molecular complexity index is 797. The molecule has 7 nitrogen and oxygen atoms in total. The van der Waals surface area contributed by atoms with Crippen LogP contribution >= 0.6 is 0 Å². The molecule has 1 aromatic carbocycles. The Morgan fingerprint density at radius 3 is 2.53 bits per heavy atom. The molecular weight excluding hydrogens is 402 g/mol. The molecule has 0 aliphatic carbocycles. The number of anilines is 1. The molecule has 3 rings (SSSR count). The van der Waals surface area contributed by atoms with Gasteiger partial charge in [-0.05, 0) is 50.2 Å². The molecule has 176 valence electrons. The first-order chi connectivity index (χ1) is 15.6. The second-order valence-electron chi connectivity index (χ2n) is 8.78. The Balaban J connectivity index is 1.35. The Morgan fingerprint density at radius 2 is 1.84 bits per heavy atom. The van der Waals surface area contributed by atoms with Gasteiger partial charge < -0.3 is 20.4 Å². The van der Waals surface area contributed by atoms with Crippen LogP contribution in [0.25, 0.3) is 0 Å². The van der Waals surface area contributed by atoms with Crippen LogP contribution in [0.2, 0.25) is 0 Å². The third-order valence-electron chi connectivity index (χ3n) is 6.75. The Hall–Kier alpha value is -2.57. The molecule has 0 radical (unpaired) electrons. The van der Waals surface area contributed by atoms with E-state index in [1.165, 1.54) is 5.56 Å². The zero-order valence-electron chi connectivity index (χ0n) is 19.9. The summed E-state index contributed by atoms with van der Waals surface area (Å²) < 4.78 is 0. The molecule has 32 heavy (non-hydrogen) atoms. The first-order valence-electron chi connectivity index (χ1n) is 12.2. The van der Waals surface area contributed by atoms with E-state index in [-0.39, 0.29) is 11.8 Å². The summed E-state index contributed by atoms with van der Waals surface area (Å²) in [5.41, 5.74) is 2.33. The quantitative estimate of drug-likeness (QED) is 0.369. The zero-order valence-corrected chi connectivity index (χ0v) is 19.9. The van der Waals surface area contributed by atoms with Gasteiger partial charge in [0.15, 0.2) is 5.96 Å². The SMILES string of the molecule is CCC(CC)C(=O)N1CCC(NC(=NC)NCCCC(=O)N2CCc3ccccc32)CC1. The number of hydrogen-bond acceptors (Lipinski definition) is 3. The number of hydrogen-bond donors (Lipinski definition) is 2. The lowest BCUT2D eigenvalue weighted by Crippen LogP contribution is -2.50. The van der Waals surface area contributed by atoms with Crippen molar-refractivity contribution in [2.75, 3.05) is 38.1 Å². The molecule has 1 aromatic rings. The molecule has 2 N–H and O–H groups in total. The van der Waals surface area contributed by atoms with Crippen molar-refractivity contribution in [3.8, 4) is 0 Å². The van der Waals surface area contributed by atoms with Crippen LogP contribution < -0.4 is 15.5 Å². The van der Waals surface area contributed by atoms with Gasteiger partial charge >= 0.3 is 0 Å². The van der Waals surface area contributed by atoms with Crippen LogP contribution in [-0.2, 0) is 16.0 Å². The van der Waals surface area contributed by atoms with Gasteiger partial charge in [-0.1, -0.05) is 32.0 Å². The minimum atomic E-state index is 0.158. The minimum absolute atomic E-state index is 0.158. The average Bonchev–Trinajstić information content (AvgIpc) is 3.26. The van der Waals surface area contributed by atoms with Crippen molar-refractivity contribution in [2.24, 2.45) is 10.9 Å². The van der Waals surface area contributed by atoms with E-state index >= 15 is 0 Å². The van der Waals surface area contributed by atoms with Crippen LogP contribution in [0.3, 0.4) is 0 Å². The smallest absolute Gasteiger partial charge is 0.227 e. The number of para-hydroxylation sites is 1. The molecule has 0 saturated carbocycles. The molecule has 2 heterocycles. The van der Waals surface area contributed by atoms with Crippen LogP contribution in [0.15, 0.2) is 29.3 Å². The molecule has 7 heteroatoms. The van der Waals surface area contributed by atoms with E-state index in [1.807, 2.05) is 28.0 Å². The number of nitrogens with zero attached hydrogens (tertiary/aromatic N) is 3. The fraction of sp³-hybridized carbons (Fsp3) is 0.640. The molecule has 0 aromatic heterocycles. The summed E-state index contributed by atoms with van der Waals surface area (Å²) in [6, 6.07) is 8.48. The molecule has 0 bridgehead atoms. The second-order valence-corrected chi connectivity index (χ2v) is 8.78. The van der Waals surface area contributed by atoms with Crippen molar-refractivity contribution in [3.05, 3.63) is 29.8 Å². The van der Waals surface area contributed by atoms with E-state index in [1.54, 1.807) is 7.05 Å². The molecule has 0 unspecified atom stereocenters. The van der Waals surface area contributed by atoms with Gasteiger partial charge in [0, 0.05) is 57.3 Å². The minimum Gasteiger partial charge on any atom is -0.356 e. The fourth-order valence-corrected chi connectivity index (χ4v) is 4.71. The summed E-state index contributed by atoms with van der Waals surface area (Å²) in [6.07, 6.45) is 5.92. The third-order valence-corrected chi connectivity index (χ3v) is 6.75. The average molecular weight is 442 g/mol. The number of guanidine groups is 1. The maximum absolute atomic E-state index is 12.6. The van der Waals surface area contributed by atoms with E-state index in [4.69, 9.17) is 0 Å². The number of carbonyl (C=O) groups excluding carboxylic acids is 2. The monoisotopic (exact) mass is 441 g/mol. The van der Waals surface area contributed by atoms with Gasteiger partial charge in [0.05, 0.1) is 0 Å². The number of likely N-dealkylation sites (tertiary alicyclic amines) is 1. The van der Waals surface area contributed by atoms with Gasteiger partial charge in [-0.2, -0.15) is 0 Å². The summed E-state index contributed by atoms with van der Waals surface area (Å²) >= 11 is 0. The maximum Gasteiger partial charge on any atom is 0.227 e. The largest absolute Gasteiger partial charge is 0.356 e. The van der Waals surface area contributed by atoms with Crippen LogP contribution in [0, 0.1) is 5.92 Å². The molecule has 1 saturated heterocycles. The number of amides is 2. The summed E-state index contributed by atoms with van der Waals surface area (Å²) in [5.74, 6) is 1.43. The summed E-state index contributed by atoms with van der Waals surface area (Å²) in [4.78, 5) is 33.5. The standard InChI is InChI=1S/C25H39N5O2/c1-4-19(5-2)24(32)29-16-13-21(14-17-29)28-25(26-3)27-15-8-11-23(31)30-18-12-20-9-6-7-10-22(20)30/h6-7,9-10,19,21H,4-5,8,11-18H2,1-3H3,(H2,26,27,28). The van der Waals surface area contributed by atoms with E-state index in [2.05, 4.69) is 35.5 Å². The van der Waals surface area contributed by atoms with E-state index in [0.717, 1.165) is 69.8 Å². The van der Waals surface area contributed by atoms with Crippen LogP contribution in [0.4, 0.5) is 5.69 Å². The first kappa shape index (κ1) is 24.1. The number of nitrogens with one attached hydrogen (secondary N) is 2. The Morgan fingerprint density at radius 1 is 1.12 bits per heavy atom. The van der Waals surface area contributed by atoms with Crippen molar-refractivity contribution < 1.29 is 9.59 Å². The van der Waals surface area contributed by atoms with Crippen molar-refractivity contribution >= 4 is 23.5 Å². The molecule has 2 amide bonds. The first-order valence-corrected chi connectivity index (χ1v) is 12.2. The van der Waals surface area contributed by atoms with E-state index < -0.39 is 0 Å². The van der Waals surface area contributed by atoms with Crippen LogP contribution in [0.1, 0.15) is 57.9 Å². The lowest BCUT2D eigenvalue weighted by molar-refractivity contribution is -0.136. The summed E-state index contributed by atoms with van der Waals surface area (Å²) in [5, 5.41) is 6.82. The van der Waals surface area contributed by atoms with Gasteiger partial charge in [-0.25, -0.2) is 0 Å². The zero-order chi connectivity index (χ0) is 22.9. The fourth-order valence-electron chi connectivity index (χ4n) is 4.71. The van der Waals surface area contributed by atoms with Gasteiger partial charge in [0.25, 0.3) is 0 Å². The van der Waals surface area contributed by atoms with Crippen molar-refractivity contribution in [3.63, 3.8) is 0 Å². The van der Waals surface area contributed by atoms with Crippen LogP contribution in [0.5, 0.6) is 0 Å².